The highest BCUT2D eigenvalue weighted by atomic mass is 16.5. The maximum Gasteiger partial charge on any atom is 0.234 e. The summed E-state index contributed by atoms with van der Waals surface area (Å²) in [6.07, 6.45) is 1.33. The zero-order valence-corrected chi connectivity index (χ0v) is 20.1. The molecular formula is C27H34N2O4. The van der Waals surface area contributed by atoms with Crippen molar-refractivity contribution >= 4 is 11.8 Å². The molecule has 2 heterocycles. The van der Waals surface area contributed by atoms with E-state index in [1.807, 2.05) is 34.1 Å². The van der Waals surface area contributed by atoms with Gasteiger partial charge < -0.3 is 19.3 Å². The third-order valence-corrected chi connectivity index (χ3v) is 7.12. The molecule has 4 rings (SSSR count). The van der Waals surface area contributed by atoms with Gasteiger partial charge in [-0.2, -0.15) is 0 Å². The molecule has 2 aromatic carbocycles. The number of nitrogens with zero attached hydrogens (tertiary/aromatic N) is 2. The topological polar surface area (TPSA) is 59.1 Å². The van der Waals surface area contributed by atoms with Crippen molar-refractivity contribution in [2.45, 2.75) is 45.1 Å². The molecule has 0 saturated carbocycles. The average Bonchev–Trinajstić information content (AvgIpc) is 2.83. The van der Waals surface area contributed by atoms with Crippen molar-refractivity contribution in [3.05, 3.63) is 64.7 Å². The van der Waals surface area contributed by atoms with E-state index in [0.29, 0.717) is 45.7 Å². The smallest absolute Gasteiger partial charge is 0.234 e. The molecule has 2 aliphatic rings. The lowest BCUT2D eigenvalue weighted by Crippen LogP contribution is -2.57. The lowest BCUT2D eigenvalue weighted by atomic mass is 9.71. The van der Waals surface area contributed by atoms with Gasteiger partial charge in [0.25, 0.3) is 0 Å². The van der Waals surface area contributed by atoms with E-state index >= 15 is 0 Å². The number of hydrogen-bond donors (Lipinski definition) is 0. The van der Waals surface area contributed by atoms with Gasteiger partial charge in [0.2, 0.25) is 11.8 Å². The number of ether oxygens (including phenoxy) is 2. The van der Waals surface area contributed by atoms with Crippen LogP contribution in [0.4, 0.5) is 0 Å². The zero-order valence-electron chi connectivity index (χ0n) is 20.1. The Labute approximate surface area is 196 Å². The third-order valence-electron chi connectivity index (χ3n) is 7.12. The standard InChI is InChI=1S/C27H34N2O4/c1-19-15-20(2)17-23(16-19)27(9-13-33-14-10-27)26(31)29-12-11-28(21(3)30)18-25(29)22-5-7-24(32-4)8-6-22/h5-8,15-17,25H,9-14,18H2,1-4H3. The number of carbonyl (C=O) groups is 2. The minimum atomic E-state index is -0.613. The number of benzene rings is 2. The molecule has 6 heteroatoms. The Morgan fingerprint density at radius 1 is 1.00 bits per heavy atom. The SMILES string of the molecule is COc1ccc(C2CN(C(C)=O)CCN2C(=O)C2(c3cc(C)cc(C)c3)CCOCC2)cc1. The van der Waals surface area contributed by atoms with Crippen molar-refractivity contribution in [3.8, 4) is 5.75 Å². The molecule has 2 aromatic rings. The summed E-state index contributed by atoms with van der Waals surface area (Å²) in [7, 11) is 1.64. The fourth-order valence-electron chi connectivity index (χ4n) is 5.30. The second kappa shape index (κ2) is 9.56. The van der Waals surface area contributed by atoms with Crippen molar-refractivity contribution in [1.29, 1.82) is 0 Å². The van der Waals surface area contributed by atoms with Gasteiger partial charge in [-0.15, -0.1) is 0 Å². The first kappa shape index (κ1) is 23.3. The van der Waals surface area contributed by atoms with Crippen LogP contribution in [0.5, 0.6) is 5.75 Å². The fraction of sp³-hybridized carbons (Fsp3) is 0.481. The van der Waals surface area contributed by atoms with Crippen LogP contribution in [0, 0.1) is 13.8 Å². The summed E-state index contributed by atoms with van der Waals surface area (Å²) >= 11 is 0. The summed E-state index contributed by atoms with van der Waals surface area (Å²) in [6, 6.07) is 14.1. The number of rotatable bonds is 4. The summed E-state index contributed by atoms with van der Waals surface area (Å²) in [5.41, 5.74) is 3.81. The molecule has 2 amide bonds. The van der Waals surface area contributed by atoms with Gasteiger partial charge in [-0.05, 0) is 49.9 Å². The molecule has 0 bridgehead atoms. The Morgan fingerprint density at radius 2 is 1.64 bits per heavy atom. The van der Waals surface area contributed by atoms with Crippen LogP contribution < -0.4 is 4.74 Å². The molecule has 0 aliphatic carbocycles. The summed E-state index contributed by atoms with van der Waals surface area (Å²) < 4.78 is 11.0. The van der Waals surface area contributed by atoms with Gasteiger partial charge in [-0.1, -0.05) is 41.5 Å². The summed E-state index contributed by atoms with van der Waals surface area (Å²) in [6.45, 7) is 8.46. The van der Waals surface area contributed by atoms with Crippen LogP contribution in [0.1, 0.15) is 48.1 Å². The summed E-state index contributed by atoms with van der Waals surface area (Å²) in [4.78, 5) is 30.5. The average molecular weight is 451 g/mol. The van der Waals surface area contributed by atoms with Gasteiger partial charge >= 0.3 is 0 Å². The largest absolute Gasteiger partial charge is 0.497 e. The van der Waals surface area contributed by atoms with Gasteiger partial charge in [0.15, 0.2) is 0 Å². The Morgan fingerprint density at radius 3 is 2.21 bits per heavy atom. The molecule has 2 saturated heterocycles. The monoisotopic (exact) mass is 450 g/mol. The highest BCUT2D eigenvalue weighted by Gasteiger charge is 2.47. The van der Waals surface area contributed by atoms with Crippen molar-refractivity contribution in [1.82, 2.24) is 9.80 Å². The van der Waals surface area contributed by atoms with Crippen LogP contribution in [0.15, 0.2) is 42.5 Å². The third kappa shape index (κ3) is 4.62. The van der Waals surface area contributed by atoms with E-state index in [2.05, 4.69) is 32.0 Å². The number of amides is 2. The zero-order chi connectivity index (χ0) is 23.6. The lowest BCUT2D eigenvalue weighted by Gasteiger charge is -2.47. The molecular weight excluding hydrogens is 416 g/mol. The Balaban J connectivity index is 1.75. The van der Waals surface area contributed by atoms with E-state index in [4.69, 9.17) is 9.47 Å². The van der Waals surface area contributed by atoms with Gasteiger partial charge in [0, 0.05) is 39.8 Å². The first-order valence-electron chi connectivity index (χ1n) is 11.7. The van der Waals surface area contributed by atoms with E-state index in [1.165, 1.54) is 0 Å². The maximum atomic E-state index is 14.4. The molecule has 1 unspecified atom stereocenters. The van der Waals surface area contributed by atoms with Crippen LogP contribution >= 0.6 is 0 Å². The minimum absolute atomic E-state index is 0.0377. The predicted molar refractivity (Wildman–Crippen MR) is 127 cm³/mol. The van der Waals surface area contributed by atoms with Crippen LogP contribution in [0.2, 0.25) is 0 Å². The van der Waals surface area contributed by atoms with Crippen molar-refractivity contribution < 1.29 is 19.1 Å². The lowest BCUT2D eigenvalue weighted by molar-refractivity contribution is -0.150. The molecule has 176 valence electrons. The number of piperazine rings is 1. The molecule has 0 spiro atoms. The predicted octanol–water partition coefficient (Wildman–Crippen LogP) is 3.79. The van der Waals surface area contributed by atoms with E-state index in [9.17, 15) is 9.59 Å². The van der Waals surface area contributed by atoms with Gasteiger partial charge in [0.1, 0.15) is 5.75 Å². The van der Waals surface area contributed by atoms with E-state index < -0.39 is 5.41 Å². The second-order valence-electron chi connectivity index (χ2n) is 9.32. The number of carbonyl (C=O) groups excluding carboxylic acids is 2. The normalized spacial score (nSPS) is 20.4. The second-order valence-corrected chi connectivity index (χ2v) is 9.32. The molecule has 0 aromatic heterocycles. The van der Waals surface area contributed by atoms with E-state index in [0.717, 1.165) is 28.0 Å². The van der Waals surface area contributed by atoms with Gasteiger partial charge in [0.05, 0.1) is 18.6 Å². The van der Waals surface area contributed by atoms with E-state index in [-0.39, 0.29) is 17.9 Å². The first-order valence-corrected chi connectivity index (χ1v) is 11.7. The van der Waals surface area contributed by atoms with Crippen LogP contribution in [0.3, 0.4) is 0 Å². The minimum Gasteiger partial charge on any atom is -0.497 e. The molecule has 33 heavy (non-hydrogen) atoms. The summed E-state index contributed by atoms with van der Waals surface area (Å²) in [5.74, 6) is 0.947. The van der Waals surface area contributed by atoms with Crippen LogP contribution in [-0.2, 0) is 19.7 Å². The van der Waals surface area contributed by atoms with Crippen molar-refractivity contribution in [2.75, 3.05) is 40.0 Å². The van der Waals surface area contributed by atoms with Crippen LogP contribution in [0.25, 0.3) is 0 Å². The molecule has 0 N–H and O–H groups in total. The Hall–Kier alpha value is -2.86. The molecule has 2 fully saturated rings. The number of methoxy groups -OCH3 is 1. The highest BCUT2D eigenvalue weighted by molar-refractivity contribution is 5.89. The Bertz CT molecular complexity index is 991. The number of hydrogen-bond acceptors (Lipinski definition) is 4. The molecule has 6 nitrogen and oxygen atoms in total. The first-order chi connectivity index (χ1) is 15.8. The quantitative estimate of drug-likeness (QED) is 0.711. The Kier molecular flexibility index (Phi) is 6.75. The van der Waals surface area contributed by atoms with Crippen LogP contribution in [-0.4, -0.2) is 61.6 Å². The highest BCUT2D eigenvalue weighted by Crippen LogP contribution is 2.40. The van der Waals surface area contributed by atoms with Crippen molar-refractivity contribution in [2.24, 2.45) is 0 Å². The van der Waals surface area contributed by atoms with Crippen molar-refractivity contribution in [3.63, 3.8) is 0 Å². The molecule has 2 aliphatic heterocycles. The summed E-state index contributed by atoms with van der Waals surface area (Å²) in [5, 5.41) is 0. The fourth-order valence-corrected chi connectivity index (χ4v) is 5.30. The van der Waals surface area contributed by atoms with Gasteiger partial charge in [-0.3, -0.25) is 9.59 Å². The molecule has 0 radical (unpaired) electrons. The van der Waals surface area contributed by atoms with E-state index in [1.54, 1.807) is 14.0 Å². The maximum absolute atomic E-state index is 14.4. The molecule has 1 atom stereocenters. The number of aryl methyl sites for hydroxylation is 2. The van der Waals surface area contributed by atoms with Gasteiger partial charge in [-0.25, -0.2) is 0 Å².